The van der Waals surface area contributed by atoms with E-state index in [0.29, 0.717) is 13.0 Å². The zero-order valence-electron chi connectivity index (χ0n) is 17.0. The van der Waals surface area contributed by atoms with Crippen molar-refractivity contribution in [1.29, 1.82) is 0 Å². The number of hydrogen-bond donors (Lipinski definition) is 1. The number of nitrogens with one attached hydrogen (secondary N) is 1. The molecule has 0 saturated carbocycles. The van der Waals surface area contributed by atoms with Crippen molar-refractivity contribution < 1.29 is 9.53 Å². The fraction of sp³-hybridized carbons (Fsp3) is 0.148. The highest BCUT2D eigenvalue weighted by atomic mass is 16.5. The molecule has 31 heavy (non-hydrogen) atoms. The Labute approximate surface area is 180 Å². The van der Waals surface area contributed by atoms with Gasteiger partial charge < -0.3 is 14.6 Å². The molecular formula is C27H22N2O2. The molecule has 2 aliphatic heterocycles. The molecule has 0 spiro atoms. The summed E-state index contributed by atoms with van der Waals surface area (Å²) in [5, 5.41) is 4.27. The molecule has 0 bridgehead atoms. The lowest BCUT2D eigenvalue weighted by Gasteiger charge is -2.23. The van der Waals surface area contributed by atoms with E-state index < -0.39 is 0 Å². The van der Waals surface area contributed by atoms with Crippen LogP contribution >= 0.6 is 0 Å². The van der Waals surface area contributed by atoms with Gasteiger partial charge in [-0.2, -0.15) is 0 Å². The van der Waals surface area contributed by atoms with Gasteiger partial charge in [-0.05, 0) is 41.0 Å². The van der Waals surface area contributed by atoms with Gasteiger partial charge in [-0.1, -0.05) is 54.6 Å². The van der Waals surface area contributed by atoms with Gasteiger partial charge in [0.1, 0.15) is 12.4 Å². The summed E-state index contributed by atoms with van der Waals surface area (Å²) in [6.45, 7) is 1.29. The summed E-state index contributed by atoms with van der Waals surface area (Å²) < 4.78 is 8.34. The molecule has 6 rings (SSSR count). The molecule has 2 aliphatic rings. The molecule has 4 heteroatoms. The van der Waals surface area contributed by atoms with Gasteiger partial charge in [0.25, 0.3) is 0 Å². The van der Waals surface area contributed by atoms with Crippen molar-refractivity contribution in [2.45, 2.75) is 18.9 Å². The number of amides is 1. The number of nitrogens with zero attached hydrogens (tertiary/aromatic N) is 1. The van der Waals surface area contributed by atoms with Crippen LogP contribution in [-0.4, -0.2) is 17.1 Å². The number of rotatable bonds is 3. The van der Waals surface area contributed by atoms with E-state index in [1.807, 2.05) is 36.4 Å². The second-order valence-electron chi connectivity index (χ2n) is 8.25. The van der Waals surface area contributed by atoms with Crippen LogP contribution in [0.1, 0.15) is 29.0 Å². The first-order valence-electron chi connectivity index (χ1n) is 10.6. The van der Waals surface area contributed by atoms with Crippen LogP contribution in [-0.2, 0) is 11.3 Å². The molecule has 4 nitrogen and oxygen atoms in total. The Hall–Kier alpha value is -3.79. The Kier molecular flexibility index (Phi) is 4.17. The van der Waals surface area contributed by atoms with Crippen molar-refractivity contribution >= 4 is 28.6 Å². The molecule has 152 valence electrons. The minimum Gasteiger partial charge on any atom is -0.489 e. The predicted molar refractivity (Wildman–Crippen MR) is 123 cm³/mol. The summed E-state index contributed by atoms with van der Waals surface area (Å²) in [5.74, 6) is 0.927. The molecule has 0 aliphatic carbocycles. The maximum atomic E-state index is 12.8. The molecule has 1 atom stereocenters. The van der Waals surface area contributed by atoms with E-state index in [0.717, 1.165) is 40.0 Å². The Balaban J connectivity index is 1.51. The lowest BCUT2D eigenvalue weighted by Crippen LogP contribution is -2.18. The Bertz CT molecular complexity index is 1330. The van der Waals surface area contributed by atoms with E-state index in [9.17, 15) is 4.79 Å². The van der Waals surface area contributed by atoms with Gasteiger partial charge in [0.05, 0.1) is 11.2 Å². The SMILES string of the molecule is O=C1C[C@@H](C2=Cc3ccccc3OC2)c2cn(Cc3ccccc3)c3cccc(c23)N1. The zero-order chi connectivity index (χ0) is 20.8. The first-order valence-corrected chi connectivity index (χ1v) is 10.6. The number of anilines is 1. The van der Waals surface area contributed by atoms with Crippen molar-refractivity contribution in [3.63, 3.8) is 0 Å². The van der Waals surface area contributed by atoms with E-state index in [-0.39, 0.29) is 11.8 Å². The van der Waals surface area contributed by atoms with Gasteiger partial charge in [-0.3, -0.25) is 4.79 Å². The van der Waals surface area contributed by atoms with Crippen LogP contribution in [0.25, 0.3) is 17.0 Å². The predicted octanol–water partition coefficient (Wildman–Crippen LogP) is 5.59. The van der Waals surface area contributed by atoms with Crippen LogP contribution < -0.4 is 10.1 Å². The van der Waals surface area contributed by atoms with Crippen LogP contribution in [0.3, 0.4) is 0 Å². The molecule has 0 saturated heterocycles. The maximum Gasteiger partial charge on any atom is 0.225 e. The fourth-order valence-electron chi connectivity index (χ4n) is 4.83. The summed E-state index contributed by atoms with van der Waals surface area (Å²) in [6.07, 6.45) is 4.84. The monoisotopic (exact) mass is 406 g/mol. The summed E-state index contributed by atoms with van der Waals surface area (Å²) >= 11 is 0. The molecule has 4 aromatic rings. The minimum absolute atomic E-state index is 0.0171. The van der Waals surface area contributed by atoms with Crippen molar-refractivity contribution in [3.8, 4) is 5.75 Å². The highest BCUT2D eigenvalue weighted by molar-refractivity contribution is 6.06. The summed E-state index contributed by atoms with van der Waals surface area (Å²) in [4.78, 5) is 12.8. The largest absolute Gasteiger partial charge is 0.489 e. The van der Waals surface area contributed by atoms with E-state index in [2.05, 4.69) is 58.6 Å². The maximum absolute atomic E-state index is 12.8. The second kappa shape index (κ2) is 7.17. The van der Waals surface area contributed by atoms with Gasteiger partial charge in [0, 0.05) is 36.0 Å². The van der Waals surface area contributed by atoms with Gasteiger partial charge in [0.2, 0.25) is 5.91 Å². The standard InChI is InChI=1S/C27H22N2O2/c30-26-14-21(20-13-19-9-4-5-12-25(19)31-17-20)22-16-29(15-18-7-2-1-3-8-18)24-11-6-10-23(28-26)27(22)24/h1-13,16,21H,14-15,17H2,(H,28,30)/t21-/m0/s1. The molecular weight excluding hydrogens is 384 g/mol. The quantitative estimate of drug-likeness (QED) is 0.482. The summed E-state index contributed by atoms with van der Waals surface area (Å²) in [6, 6.07) is 24.7. The lowest BCUT2D eigenvalue weighted by molar-refractivity contribution is -0.116. The molecule has 1 aromatic heterocycles. The number of benzene rings is 3. The summed E-state index contributed by atoms with van der Waals surface area (Å²) in [7, 11) is 0. The van der Waals surface area contributed by atoms with Crippen molar-refractivity contribution in [2.24, 2.45) is 0 Å². The van der Waals surface area contributed by atoms with Crippen molar-refractivity contribution in [3.05, 3.63) is 101 Å². The number of hydrogen-bond acceptors (Lipinski definition) is 2. The smallest absolute Gasteiger partial charge is 0.225 e. The zero-order valence-corrected chi connectivity index (χ0v) is 17.0. The van der Waals surface area contributed by atoms with Crippen LogP contribution in [0.15, 0.2) is 84.6 Å². The third-order valence-corrected chi connectivity index (χ3v) is 6.27. The lowest BCUT2D eigenvalue weighted by atomic mass is 9.86. The number of para-hydroxylation sites is 1. The molecule has 1 N–H and O–H groups in total. The van der Waals surface area contributed by atoms with E-state index in [1.54, 1.807) is 0 Å². The Morgan fingerprint density at radius 2 is 1.81 bits per heavy atom. The van der Waals surface area contributed by atoms with E-state index >= 15 is 0 Å². The van der Waals surface area contributed by atoms with Gasteiger partial charge in [-0.25, -0.2) is 0 Å². The third-order valence-electron chi connectivity index (χ3n) is 6.27. The molecule has 0 radical (unpaired) electrons. The Morgan fingerprint density at radius 1 is 0.968 bits per heavy atom. The van der Waals surface area contributed by atoms with E-state index in [1.165, 1.54) is 11.1 Å². The number of aromatic nitrogens is 1. The molecule has 3 heterocycles. The number of carbonyl (C=O) groups is 1. The first-order chi connectivity index (χ1) is 15.3. The third kappa shape index (κ3) is 3.12. The molecule has 3 aromatic carbocycles. The van der Waals surface area contributed by atoms with Gasteiger partial charge in [0.15, 0.2) is 0 Å². The normalized spacial score (nSPS) is 17.4. The average molecular weight is 406 g/mol. The van der Waals surface area contributed by atoms with E-state index in [4.69, 9.17) is 4.74 Å². The highest BCUT2D eigenvalue weighted by Gasteiger charge is 2.30. The van der Waals surface area contributed by atoms with Crippen LogP contribution in [0.2, 0.25) is 0 Å². The van der Waals surface area contributed by atoms with Crippen molar-refractivity contribution in [1.82, 2.24) is 4.57 Å². The second-order valence-corrected chi connectivity index (χ2v) is 8.25. The number of fused-ring (bicyclic) bond motifs is 1. The Morgan fingerprint density at radius 3 is 2.71 bits per heavy atom. The number of carbonyl (C=O) groups excluding carboxylic acids is 1. The number of ether oxygens (including phenoxy) is 1. The highest BCUT2D eigenvalue weighted by Crippen LogP contribution is 2.43. The van der Waals surface area contributed by atoms with Crippen molar-refractivity contribution in [2.75, 3.05) is 11.9 Å². The van der Waals surface area contributed by atoms with Gasteiger partial charge in [-0.15, -0.1) is 0 Å². The average Bonchev–Trinajstić information content (AvgIpc) is 3.09. The van der Waals surface area contributed by atoms with Crippen LogP contribution in [0, 0.1) is 0 Å². The topological polar surface area (TPSA) is 43.3 Å². The van der Waals surface area contributed by atoms with Crippen LogP contribution in [0.5, 0.6) is 5.75 Å². The molecule has 0 fully saturated rings. The first kappa shape index (κ1) is 18.0. The molecule has 1 amide bonds. The van der Waals surface area contributed by atoms with Crippen LogP contribution in [0.4, 0.5) is 5.69 Å². The summed E-state index contributed by atoms with van der Waals surface area (Å²) in [5.41, 5.74) is 6.69. The fourth-order valence-corrected chi connectivity index (χ4v) is 4.83. The minimum atomic E-state index is -0.0171. The molecule has 0 unspecified atom stereocenters. The van der Waals surface area contributed by atoms with Gasteiger partial charge >= 0.3 is 0 Å².